The molecule has 5 nitrogen and oxygen atoms in total. The Morgan fingerprint density at radius 3 is 2.37 bits per heavy atom. The maximum absolute atomic E-state index is 12.1. The second kappa shape index (κ2) is 9.07. The van der Waals surface area contributed by atoms with Crippen LogP contribution in [0.1, 0.15) is 46.5 Å². The highest BCUT2D eigenvalue weighted by atomic mass is 32.2. The van der Waals surface area contributed by atoms with E-state index in [1.807, 2.05) is 6.92 Å². The van der Waals surface area contributed by atoms with Gasteiger partial charge in [0.2, 0.25) is 5.91 Å². The summed E-state index contributed by atoms with van der Waals surface area (Å²) in [5.74, 6) is -0.706. The molecule has 1 unspecified atom stereocenters. The van der Waals surface area contributed by atoms with Gasteiger partial charge >= 0.3 is 0 Å². The minimum atomic E-state index is -0.539. The molecule has 0 aliphatic rings. The molecule has 0 fully saturated rings. The summed E-state index contributed by atoms with van der Waals surface area (Å²) in [4.78, 5) is 12.1. The third-order valence-corrected chi connectivity index (χ3v) is 5.26. The van der Waals surface area contributed by atoms with Gasteiger partial charge in [0.1, 0.15) is 0 Å². The van der Waals surface area contributed by atoms with Gasteiger partial charge in [-0.2, -0.15) is 11.8 Å². The van der Waals surface area contributed by atoms with Crippen LogP contribution < -0.4 is 11.1 Å². The van der Waals surface area contributed by atoms with Crippen LogP contribution >= 0.6 is 11.8 Å². The van der Waals surface area contributed by atoms with E-state index in [2.05, 4.69) is 30.6 Å². The zero-order valence-electron chi connectivity index (χ0n) is 12.4. The highest BCUT2D eigenvalue weighted by Crippen LogP contribution is 2.29. The molecule has 6 heteroatoms. The zero-order valence-corrected chi connectivity index (χ0v) is 13.2. The van der Waals surface area contributed by atoms with E-state index in [0.29, 0.717) is 13.0 Å². The molecule has 4 N–H and O–H groups in total. The van der Waals surface area contributed by atoms with Crippen molar-refractivity contribution in [2.75, 3.05) is 12.8 Å². The van der Waals surface area contributed by atoms with Crippen LogP contribution in [0.5, 0.6) is 0 Å². The van der Waals surface area contributed by atoms with Crippen molar-refractivity contribution in [2.24, 2.45) is 16.8 Å². The first-order chi connectivity index (χ1) is 9.00. The van der Waals surface area contributed by atoms with Crippen molar-refractivity contribution in [3.63, 3.8) is 0 Å². The van der Waals surface area contributed by atoms with E-state index in [0.717, 1.165) is 19.3 Å². The van der Waals surface area contributed by atoms with Gasteiger partial charge in [-0.3, -0.25) is 4.79 Å². The predicted molar refractivity (Wildman–Crippen MR) is 81.6 cm³/mol. The number of carbonyl (C=O) groups excluding carboxylic acids is 1. The maximum Gasteiger partial charge on any atom is 0.230 e. The number of carbonyl (C=O) groups is 1. The van der Waals surface area contributed by atoms with Gasteiger partial charge in [0.05, 0.1) is 5.92 Å². The number of amidine groups is 1. The smallest absolute Gasteiger partial charge is 0.230 e. The first-order valence-electron chi connectivity index (χ1n) is 6.80. The van der Waals surface area contributed by atoms with Gasteiger partial charge in [0.15, 0.2) is 5.84 Å². The molecular weight excluding hydrogens is 262 g/mol. The lowest BCUT2D eigenvalue weighted by Crippen LogP contribution is -2.45. The van der Waals surface area contributed by atoms with Gasteiger partial charge in [-0.25, -0.2) is 0 Å². The van der Waals surface area contributed by atoms with Crippen LogP contribution in [0, 0.1) is 5.92 Å². The van der Waals surface area contributed by atoms with Crippen LogP contribution in [0.3, 0.4) is 0 Å². The SMILES string of the molecule is CCCC(C(=O)NCC(CC)(CC)SC)C(N)=NO. The lowest BCUT2D eigenvalue weighted by Gasteiger charge is -2.30. The number of oxime groups is 1. The van der Waals surface area contributed by atoms with E-state index in [9.17, 15) is 4.79 Å². The second-order valence-corrected chi connectivity index (χ2v) is 5.95. The van der Waals surface area contributed by atoms with Gasteiger partial charge in [-0.1, -0.05) is 32.3 Å². The van der Waals surface area contributed by atoms with Crippen molar-refractivity contribution in [1.82, 2.24) is 5.32 Å². The molecule has 1 atom stereocenters. The van der Waals surface area contributed by atoms with E-state index in [1.54, 1.807) is 11.8 Å². The summed E-state index contributed by atoms with van der Waals surface area (Å²) in [6.45, 7) is 6.83. The maximum atomic E-state index is 12.1. The fourth-order valence-corrected chi connectivity index (χ4v) is 2.80. The van der Waals surface area contributed by atoms with Crippen molar-refractivity contribution in [1.29, 1.82) is 0 Å². The molecule has 0 aromatic heterocycles. The average Bonchev–Trinajstić information content (AvgIpc) is 2.45. The number of nitrogens with zero attached hydrogens (tertiary/aromatic N) is 1. The van der Waals surface area contributed by atoms with Crippen molar-refractivity contribution in [3.05, 3.63) is 0 Å². The topological polar surface area (TPSA) is 87.7 Å². The molecule has 1 amide bonds. The van der Waals surface area contributed by atoms with Crippen LogP contribution in [-0.4, -0.2) is 34.5 Å². The first-order valence-corrected chi connectivity index (χ1v) is 8.02. The summed E-state index contributed by atoms with van der Waals surface area (Å²) in [7, 11) is 0. The molecule has 19 heavy (non-hydrogen) atoms. The van der Waals surface area contributed by atoms with Gasteiger partial charge in [0.25, 0.3) is 0 Å². The Labute approximate surface area is 120 Å². The summed E-state index contributed by atoms with van der Waals surface area (Å²) in [6, 6.07) is 0. The average molecular weight is 289 g/mol. The third-order valence-electron chi connectivity index (χ3n) is 3.67. The molecule has 0 radical (unpaired) electrons. The molecule has 0 heterocycles. The molecule has 0 aliphatic carbocycles. The molecular formula is C13H27N3O2S. The number of rotatable bonds is 9. The summed E-state index contributed by atoms with van der Waals surface area (Å²) in [5.41, 5.74) is 5.57. The number of hydrogen-bond donors (Lipinski definition) is 3. The minimum Gasteiger partial charge on any atom is -0.409 e. The molecule has 0 aromatic carbocycles. The van der Waals surface area contributed by atoms with Gasteiger partial charge in [-0.05, 0) is 25.5 Å². The molecule has 112 valence electrons. The van der Waals surface area contributed by atoms with Crippen molar-refractivity contribution in [2.45, 2.75) is 51.2 Å². The Hall–Kier alpha value is -0.910. The summed E-state index contributed by atoms with van der Waals surface area (Å²) in [5, 5.41) is 14.6. The fraction of sp³-hybridized carbons (Fsp3) is 0.846. The Kier molecular flexibility index (Phi) is 8.63. The van der Waals surface area contributed by atoms with E-state index in [4.69, 9.17) is 10.9 Å². The normalized spacial score (nSPS) is 14.2. The first kappa shape index (κ1) is 18.1. The Morgan fingerprint density at radius 2 is 2.00 bits per heavy atom. The van der Waals surface area contributed by atoms with E-state index >= 15 is 0 Å². The quantitative estimate of drug-likeness (QED) is 0.263. The monoisotopic (exact) mass is 289 g/mol. The molecule has 0 saturated heterocycles. The predicted octanol–water partition coefficient (Wildman–Crippen LogP) is 2.19. The van der Waals surface area contributed by atoms with Crippen molar-refractivity contribution < 1.29 is 10.0 Å². The minimum absolute atomic E-state index is 0.0119. The fourth-order valence-electron chi connectivity index (χ4n) is 2.00. The van der Waals surface area contributed by atoms with Crippen LogP contribution in [0.2, 0.25) is 0 Å². The number of amides is 1. The summed E-state index contributed by atoms with van der Waals surface area (Å²) in [6.07, 6.45) is 5.45. The van der Waals surface area contributed by atoms with Crippen LogP contribution in [0.4, 0.5) is 0 Å². The largest absolute Gasteiger partial charge is 0.409 e. The van der Waals surface area contributed by atoms with Gasteiger partial charge in [-0.15, -0.1) is 0 Å². The molecule has 0 aliphatic heterocycles. The summed E-state index contributed by atoms with van der Waals surface area (Å²) >= 11 is 1.77. The molecule has 0 saturated carbocycles. The number of nitrogens with one attached hydrogen (secondary N) is 1. The van der Waals surface area contributed by atoms with Gasteiger partial charge in [0, 0.05) is 11.3 Å². The lowest BCUT2D eigenvalue weighted by atomic mass is 9.99. The summed E-state index contributed by atoms with van der Waals surface area (Å²) < 4.78 is 0.0670. The van der Waals surface area contributed by atoms with Crippen LogP contribution in [-0.2, 0) is 4.79 Å². The number of hydrogen-bond acceptors (Lipinski definition) is 4. The standard InChI is InChI=1S/C13H27N3O2S/c1-5-8-10(11(14)16-18)12(17)15-9-13(6-2,7-3)19-4/h10,18H,5-9H2,1-4H3,(H2,14,16)(H,15,17). The zero-order chi connectivity index (χ0) is 14.9. The van der Waals surface area contributed by atoms with Gasteiger partial charge < -0.3 is 16.3 Å². The lowest BCUT2D eigenvalue weighted by molar-refractivity contribution is -0.123. The Morgan fingerprint density at radius 1 is 1.42 bits per heavy atom. The highest BCUT2D eigenvalue weighted by Gasteiger charge is 2.28. The second-order valence-electron chi connectivity index (χ2n) is 4.68. The molecule has 0 spiro atoms. The number of nitrogens with two attached hydrogens (primary N) is 1. The molecule has 0 aromatic rings. The highest BCUT2D eigenvalue weighted by molar-refractivity contribution is 8.00. The Bertz CT molecular complexity index is 296. The van der Waals surface area contributed by atoms with Crippen LogP contribution in [0.15, 0.2) is 5.16 Å². The Balaban J connectivity index is 4.65. The van der Waals surface area contributed by atoms with E-state index in [-0.39, 0.29) is 16.5 Å². The van der Waals surface area contributed by atoms with Crippen LogP contribution in [0.25, 0.3) is 0 Å². The third kappa shape index (κ3) is 5.30. The molecule has 0 bridgehead atoms. The number of thioether (sulfide) groups is 1. The van der Waals surface area contributed by atoms with E-state index in [1.165, 1.54) is 0 Å². The molecule has 0 rings (SSSR count). The van der Waals surface area contributed by atoms with Crippen molar-refractivity contribution >= 4 is 23.5 Å². The van der Waals surface area contributed by atoms with E-state index < -0.39 is 5.92 Å². The van der Waals surface area contributed by atoms with Crippen molar-refractivity contribution in [3.8, 4) is 0 Å².